The number of amides is 1. The van der Waals surface area contributed by atoms with Crippen molar-refractivity contribution >= 4 is 58.4 Å². The number of nitrogens with one attached hydrogen (secondary N) is 1. The lowest BCUT2D eigenvalue weighted by Crippen LogP contribution is -2.42. The van der Waals surface area contributed by atoms with Crippen LogP contribution < -0.4 is 16.6 Å². The number of halogens is 3. The molecule has 1 heterocycles. The Labute approximate surface area is 221 Å². The second-order valence-electron chi connectivity index (χ2n) is 7.83. The zero-order valence-electron chi connectivity index (χ0n) is 18.8. The van der Waals surface area contributed by atoms with Gasteiger partial charge in [0, 0.05) is 13.5 Å². The smallest absolute Gasteiger partial charge is 0.335 e. The van der Waals surface area contributed by atoms with Crippen molar-refractivity contribution < 1.29 is 14.7 Å². The van der Waals surface area contributed by atoms with Crippen LogP contribution in [0.1, 0.15) is 15.9 Å². The Morgan fingerprint density at radius 1 is 0.944 bits per heavy atom. The maximum atomic E-state index is 13.0. The molecule has 0 unspecified atom stereocenters. The van der Waals surface area contributed by atoms with E-state index in [4.69, 9.17) is 23.2 Å². The lowest BCUT2D eigenvalue weighted by molar-refractivity contribution is -0.139. The van der Waals surface area contributed by atoms with Crippen LogP contribution in [-0.2, 0) is 18.3 Å². The summed E-state index contributed by atoms with van der Waals surface area (Å²) >= 11 is 12.1. The summed E-state index contributed by atoms with van der Waals surface area (Å²) in [4.78, 5) is 50.3. The fourth-order valence-corrected chi connectivity index (χ4v) is 4.37. The third kappa shape index (κ3) is 5.16. The van der Waals surface area contributed by atoms with E-state index in [9.17, 15) is 24.3 Å². The summed E-state index contributed by atoms with van der Waals surface area (Å²) in [5, 5.41) is 12.7. The summed E-state index contributed by atoms with van der Waals surface area (Å²) < 4.78 is 2.45. The third-order valence-corrected chi connectivity index (χ3v) is 6.23. The van der Waals surface area contributed by atoms with Crippen molar-refractivity contribution in [1.29, 1.82) is 0 Å². The van der Waals surface area contributed by atoms with Crippen molar-refractivity contribution in [3.8, 4) is 5.69 Å². The zero-order valence-corrected chi connectivity index (χ0v) is 21.1. The molecule has 0 aliphatic rings. The molecule has 3 aromatic carbocycles. The van der Waals surface area contributed by atoms with E-state index in [1.54, 1.807) is 61.6 Å². The van der Waals surface area contributed by atoms with Crippen molar-refractivity contribution in [3.05, 3.63) is 109 Å². The summed E-state index contributed by atoms with van der Waals surface area (Å²) in [6, 6.07) is 16.4. The average molecular weight is 549 g/mol. The van der Waals surface area contributed by atoms with Crippen molar-refractivity contribution in [2.75, 3.05) is 0 Å². The van der Waals surface area contributed by atoms with Gasteiger partial charge in [0.25, 0.3) is 11.5 Å². The molecule has 8 nitrogen and oxygen atoms in total. The highest BCUT2D eigenvalue weighted by molar-refractivity contribution is 6.39. The van der Waals surface area contributed by atoms with Crippen LogP contribution in [0.25, 0.3) is 16.6 Å². The van der Waals surface area contributed by atoms with Crippen LogP contribution >= 0.6 is 35.6 Å². The minimum Gasteiger partial charge on any atom is -0.480 e. The Balaban J connectivity index is 0.00000361. The van der Waals surface area contributed by atoms with Gasteiger partial charge < -0.3 is 10.4 Å². The number of hydrogen-bond acceptors (Lipinski definition) is 4. The van der Waals surface area contributed by atoms with Gasteiger partial charge in [-0.05, 0) is 42.0 Å². The first-order valence-electron chi connectivity index (χ1n) is 10.5. The number of carbonyl (C=O) groups excluding carboxylic acids is 1. The van der Waals surface area contributed by atoms with Gasteiger partial charge in [-0.3, -0.25) is 14.2 Å². The molecule has 0 spiro atoms. The van der Waals surface area contributed by atoms with Crippen LogP contribution in [-0.4, -0.2) is 32.2 Å². The average Bonchev–Trinajstić information content (AvgIpc) is 2.83. The number of nitrogens with zero attached hydrogens (tertiary/aromatic N) is 2. The van der Waals surface area contributed by atoms with E-state index in [-0.39, 0.29) is 34.4 Å². The third-order valence-electron chi connectivity index (χ3n) is 5.60. The number of fused-ring (bicyclic) bond motifs is 1. The minimum absolute atomic E-state index is 0. The second-order valence-corrected chi connectivity index (χ2v) is 8.65. The number of carbonyl (C=O) groups is 2. The highest BCUT2D eigenvalue weighted by atomic mass is 35.5. The first-order valence-corrected chi connectivity index (χ1v) is 11.2. The lowest BCUT2D eigenvalue weighted by atomic mass is 10.0. The van der Waals surface area contributed by atoms with Crippen LogP contribution in [0.2, 0.25) is 10.0 Å². The van der Waals surface area contributed by atoms with Crippen molar-refractivity contribution in [2.45, 2.75) is 12.5 Å². The van der Waals surface area contributed by atoms with E-state index in [0.29, 0.717) is 22.2 Å². The van der Waals surface area contributed by atoms with Crippen LogP contribution in [0.5, 0.6) is 0 Å². The number of carboxylic acids is 1. The number of aromatic nitrogens is 2. The standard InChI is InChI=1S/C25H19Cl2N3O5.ClH/c1-29-20-8-3-2-5-16(20)23(32)30(25(29)35)15-11-9-14(10-12-15)13-19(24(33)34)28-22(31)21-17(26)6-4-7-18(21)27;/h2-12,19H,13H2,1H3,(H,28,31)(H,33,34);1H/t19-;/m0./s1. The van der Waals surface area contributed by atoms with Gasteiger partial charge in [-0.2, -0.15) is 0 Å². The predicted molar refractivity (Wildman–Crippen MR) is 141 cm³/mol. The van der Waals surface area contributed by atoms with E-state index in [1.165, 1.54) is 16.7 Å². The number of aryl methyl sites for hydroxylation is 1. The van der Waals surface area contributed by atoms with Gasteiger partial charge in [0.15, 0.2) is 0 Å². The van der Waals surface area contributed by atoms with Crippen LogP contribution in [0, 0.1) is 0 Å². The van der Waals surface area contributed by atoms with Gasteiger partial charge in [-0.1, -0.05) is 53.5 Å². The second kappa shape index (κ2) is 11.0. The molecule has 4 rings (SSSR count). The number of carboxylic acid groups (broad SMARTS) is 1. The van der Waals surface area contributed by atoms with Gasteiger partial charge in [-0.25, -0.2) is 14.2 Å². The number of hydrogen-bond donors (Lipinski definition) is 2. The Hall–Kier alpha value is -3.59. The molecule has 1 aromatic heterocycles. The predicted octanol–water partition coefficient (Wildman–Crippen LogP) is 3.84. The molecule has 0 fully saturated rings. The summed E-state index contributed by atoms with van der Waals surface area (Å²) in [5.41, 5.74) is 0.455. The van der Waals surface area contributed by atoms with E-state index >= 15 is 0 Å². The van der Waals surface area contributed by atoms with Gasteiger partial charge in [-0.15, -0.1) is 12.4 Å². The van der Waals surface area contributed by atoms with E-state index < -0.39 is 29.2 Å². The van der Waals surface area contributed by atoms with Crippen LogP contribution in [0.3, 0.4) is 0 Å². The number of aliphatic carboxylic acids is 1. The van der Waals surface area contributed by atoms with Gasteiger partial charge >= 0.3 is 11.7 Å². The minimum atomic E-state index is -1.27. The van der Waals surface area contributed by atoms with E-state index in [2.05, 4.69) is 5.32 Å². The quantitative estimate of drug-likeness (QED) is 0.380. The summed E-state index contributed by atoms with van der Waals surface area (Å²) in [7, 11) is 1.58. The maximum Gasteiger partial charge on any atom is 0.335 e. The molecule has 2 N–H and O–H groups in total. The Kier molecular flexibility index (Phi) is 8.24. The molecular weight excluding hydrogens is 529 g/mol. The lowest BCUT2D eigenvalue weighted by Gasteiger charge is -2.16. The zero-order chi connectivity index (χ0) is 25.3. The molecule has 1 amide bonds. The molecule has 0 aliphatic heterocycles. The van der Waals surface area contributed by atoms with E-state index in [0.717, 1.165) is 4.57 Å². The molecule has 186 valence electrons. The first-order chi connectivity index (χ1) is 16.7. The Morgan fingerprint density at radius 2 is 1.56 bits per heavy atom. The van der Waals surface area contributed by atoms with Gasteiger partial charge in [0.05, 0.1) is 32.2 Å². The SMILES string of the molecule is Cl.Cn1c(=O)n(-c2ccc(C[C@H](NC(=O)c3c(Cl)cccc3Cl)C(=O)O)cc2)c(=O)c2ccccc21. The van der Waals surface area contributed by atoms with Crippen molar-refractivity contribution in [3.63, 3.8) is 0 Å². The first kappa shape index (κ1) is 27.0. The maximum absolute atomic E-state index is 13.0. The van der Waals surface area contributed by atoms with Gasteiger partial charge in [0.2, 0.25) is 0 Å². The molecule has 0 bridgehead atoms. The highest BCUT2D eigenvalue weighted by Crippen LogP contribution is 2.24. The van der Waals surface area contributed by atoms with Gasteiger partial charge in [0.1, 0.15) is 6.04 Å². The highest BCUT2D eigenvalue weighted by Gasteiger charge is 2.24. The number of rotatable bonds is 6. The van der Waals surface area contributed by atoms with Crippen LogP contribution in [0.15, 0.2) is 76.3 Å². The fraction of sp³-hybridized carbons (Fsp3) is 0.120. The molecule has 1 atom stereocenters. The molecule has 0 aliphatic carbocycles. The molecule has 36 heavy (non-hydrogen) atoms. The molecule has 4 aromatic rings. The number of para-hydroxylation sites is 1. The Bertz CT molecular complexity index is 1560. The van der Waals surface area contributed by atoms with E-state index in [1.807, 2.05) is 0 Å². The summed E-state index contributed by atoms with van der Waals surface area (Å²) in [5.74, 6) is -1.96. The topological polar surface area (TPSA) is 110 Å². The molecule has 0 radical (unpaired) electrons. The molecule has 11 heteroatoms. The molecular formula is C25H20Cl3N3O5. The normalized spacial score (nSPS) is 11.5. The van der Waals surface area contributed by atoms with Crippen molar-refractivity contribution in [1.82, 2.24) is 14.5 Å². The molecule has 0 saturated heterocycles. The number of benzene rings is 3. The van der Waals surface area contributed by atoms with Crippen LogP contribution in [0.4, 0.5) is 0 Å². The largest absolute Gasteiger partial charge is 0.480 e. The van der Waals surface area contributed by atoms with Crippen molar-refractivity contribution in [2.24, 2.45) is 7.05 Å². The Morgan fingerprint density at radius 3 is 2.17 bits per heavy atom. The summed E-state index contributed by atoms with van der Waals surface area (Å²) in [6.07, 6.45) is -0.0476. The fourth-order valence-electron chi connectivity index (χ4n) is 3.80. The molecule has 0 saturated carbocycles. The summed E-state index contributed by atoms with van der Waals surface area (Å²) in [6.45, 7) is 0. The monoisotopic (exact) mass is 547 g/mol.